The molecule has 1 saturated carbocycles. The summed E-state index contributed by atoms with van der Waals surface area (Å²) in [5.41, 5.74) is 6.09. The summed E-state index contributed by atoms with van der Waals surface area (Å²) in [7, 11) is 0. The highest BCUT2D eigenvalue weighted by molar-refractivity contribution is 5.96. The van der Waals surface area contributed by atoms with Crippen LogP contribution >= 0.6 is 0 Å². The van der Waals surface area contributed by atoms with Gasteiger partial charge in [0.15, 0.2) is 11.5 Å². The minimum absolute atomic E-state index is 0.0172. The topological polar surface area (TPSA) is 108 Å². The second-order valence-corrected chi connectivity index (χ2v) is 9.27. The third-order valence-corrected chi connectivity index (χ3v) is 7.10. The lowest BCUT2D eigenvalue weighted by atomic mass is 10.0. The summed E-state index contributed by atoms with van der Waals surface area (Å²) in [5, 5.41) is 3.03. The van der Waals surface area contributed by atoms with Gasteiger partial charge < -0.3 is 25.8 Å². The van der Waals surface area contributed by atoms with E-state index in [4.69, 9.17) is 5.73 Å². The van der Waals surface area contributed by atoms with Gasteiger partial charge in [-0.25, -0.2) is 19.2 Å². The molecule has 1 aromatic heterocycles. The number of rotatable bonds is 6. The average molecular weight is 468 g/mol. The van der Waals surface area contributed by atoms with E-state index < -0.39 is 5.91 Å². The number of nitrogens with one attached hydrogen (secondary N) is 1. The number of carbonyl (C=O) groups is 2. The lowest BCUT2D eigenvalue weighted by Gasteiger charge is -2.38. The molecule has 3 fully saturated rings. The van der Waals surface area contributed by atoms with E-state index in [1.807, 2.05) is 4.90 Å². The highest BCUT2D eigenvalue weighted by Crippen LogP contribution is 2.30. The Morgan fingerprint density at radius 2 is 1.68 bits per heavy atom. The molecule has 2 saturated heterocycles. The zero-order valence-electron chi connectivity index (χ0n) is 19.1. The molecule has 3 aliphatic rings. The molecule has 2 aliphatic heterocycles. The minimum Gasteiger partial charge on any atom is -0.364 e. The van der Waals surface area contributed by atoms with Crippen LogP contribution in [0.2, 0.25) is 0 Å². The Hall–Kier alpha value is -3.43. The number of hydrogen-bond donors (Lipinski definition) is 2. The van der Waals surface area contributed by atoms with Gasteiger partial charge in [0.2, 0.25) is 0 Å². The molecule has 3 N–H and O–H groups in total. The molecule has 180 valence electrons. The number of primary amides is 1. The van der Waals surface area contributed by atoms with E-state index in [1.54, 1.807) is 18.3 Å². The summed E-state index contributed by atoms with van der Waals surface area (Å²) in [6.07, 6.45) is 8.07. The Morgan fingerprint density at radius 1 is 1.00 bits per heavy atom. The number of halogens is 1. The van der Waals surface area contributed by atoms with Crippen molar-refractivity contribution in [3.8, 4) is 0 Å². The maximum atomic E-state index is 13.3. The standard InChI is InChI=1S/C24H30FN7O2/c25-16-7-9-17(10-8-16)28-23-21(22(26)33)27-14-20(29-23)30-11-3-6-19(15-30)32-13-12-31(24(32)34)18-4-1-2-5-18/h7-10,14,18-19H,1-6,11-13,15H2,(H2,26,33)(H,28,29). The summed E-state index contributed by atoms with van der Waals surface area (Å²) in [6, 6.07) is 6.42. The van der Waals surface area contributed by atoms with Crippen LogP contribution in [0.4, 0.5) is 26.5 Å². The first-order chi connectivity index (χ1) is 16.5. The molecular formula is C24H30FN7O2. The number of urea groups is 1. The van der Waals surface area contributed by atoms with Crippen molar-refractivity contribution in [1.82, 2.24) is 19.8 Å². The SMILES string of the molecule is NC(=O)c1ncc(N2CCCC(N3CCN(C4CCCC4)C3=O)C2)nc1Nc1ccc(F)cc1. The summed E-state index contributed by atoms with van der Waals surface area (Å²) in [5.74, 6) is -0.223. The number of carbonyl (C=O) groups excluding carboxylic acids is 2. The van der Waals surface area contributed by atoms with E-state index in [0.717, 1.165) is 45.3 Å². The molecule has 1 unspecified atom stereocenters. The molecule has 1 aromatic carbocycles. The van der Waals surface area contributed by atoms with Gasteiger partial charge in [-0.3, -0.25) is 4.79 Å². The van der Waals surface area contributed by atoms with Crippen LogP contribution in [-0.4, -0.2) is 70.0 Å². The Balaban J connectivity index is 1.32. The van der Waals surface area contributed by atoms with E-state index in [1.165, 1.54) is 25.0 Å². The molecule has 34 heavy (non-hydrogen) atoms. The molecule has 3 amide bonds. The smallest absolute Gasteiger partial charge is 0.320 e. The average Bonchev–Trinajstić information content (AvgIpc) is 3.50. The van der Waals surface area contributed by atoms with Crippen LogP contribution in [0.1, 0.15) is 49.0 Å². The van der Waals surface area contributed by atoms with Gasteiger partial charge in [-0.2, -0.15) is 0 Å². The first kappa shape index (κ1) is 22.4. The van der Waals surface area contributed by atoms with E-state index >= 15 is 0 Å². The number of hydrogen-bond acceptors (Lipinski definition) is 6. The lowest BCUT2D eigenvalue weighted by molar-refractivity contribution is 0.0996. The molecule has 9 nitrogen and oxygen atoms in total. The van der Waals surface area contributed by atoms with Crippen LogP contribution in [0.3, 0.4) is 0 Å². The first-order valence-corrected chi connectivity index (χ1v) is 12.0. The van der Waals surface area contributed by atoms with Crippen LogP contribution in [0.5, 0.6) is 0 Å². The van der Waals surface area contributed by atoms with Gasteiger partial charge in [0.25, 0.3) is 5.91 Å². The van der Waals surface area contributed by atoms with Gasteiger partial charge in [0.05, 0.1) is 12.2 Å². The molecule has 0 radical (unpaired) electrons. The molecule has 5 rings (SSSR count). The zero-order chi connectivity index (χ0) is 23.7. The molecule has 10 heteroatoms. The van der Waals surface area contributed by atoms with Crippen LogP contribution < -0.4 is 16.0 Å². The largest absolute Gasteiger partial charge is 0.364 e. The number of anilines is 3. The van der Waals surface area contributed by atoms with Crippen molar-refractivity contribution in [3.05, 3.63) is 42.0 Å². The van der Waals surface area contributed by atoms with E-state index in [-0.39, 0.29) is 29.4 Å². The zero-order valence-corrected chi connectivity index (χ0v) is 19.1. The second-order valence-electron chi connectivity index (χ2n) is 9.27. The molecule has 3 heterocycles. The Bertz CT molecular complexity index is 1060. The van der Waals surface area contributed by atoms with Crippen molar-refractivity contribution in [2.45, 2.75) is 50.6 Å². The first-order valence-electron chi connectivity index (χ1n) is 12.0. The minimum atomic E-state index is -0.699. The Morgan fingerprint density at radius 3 is 2.38 bits per heavy atom. The third kappa shape index (κ3) is 4.49. The van der Waals surface area contributed by atoms with Crippen LogP contribution in [0.25, 0.3) is 0 Å². The number of nitrogens with two attached hydrogens (primary N) is 1. The normalized spacial score (nSPS) is 21.4. The van der Waals surface area contributed by atoms with Gasteiger partial charge in [-0.05, 0) is 49.9 Å². The fourth-order valence-corrected chi connectivity index (χ4v) is 5.35. The van der Waals surface area contributed by atoms with Crippen molar-refractivity contribution < 1.29 is 14.0 Å². The predicted molar refractivity (Wildman–Crippen MR) is 127 cm³/mol. The predicted octanol–water partition coefficient (Wildman–Crippen LogP) is 3.11. The van der Waals surface area contributed by atoms with Crippen molar-refractivity contribution >= 4 is 29.3 Å². The molecule has 0 spiro atoms. The van der Waals surface area contributed by atoms with Crippen molar-refractivity contribution in [2.24, 2.45) is 5.73 Å². The fourth-order valence-electron chi connectivity index (χ4n) is 5.35. The van der Waals surface area contributed by atoms with Crippen LogP contribution in [0, 0.1) is 5.82 Å². The van der Waals surface area contributed by atoms with Crippen molar-refractivity contribution in [3.63, 3.8) is 0 Å². The summed E-state index contributed by atoms with van der Waals surface area (Å²) in [4.78, 5) is 40.2. The van der Waals surface area contributed by atoms with Gasteiger partial charge in [0.1, 0.15) is 11.6 Å². The second kappa shape index (κ2) is 9.44. The van der Waals surface area contributed by atoms with Crippen molar-refractivity contribution in [1.29, 1.82) is 0 Å². The summed E-state index contributed by atoms with van der Waals surface area (Å²) in [6.45, 7) is 3.01. The number of aromatic nitrogens is 2. The van der Waals surface area contributed by atoms with E-state index in [0.29, 0.717) is 24.1 Å². The maximum absolute atomic E-state index is 13.3. The monoisotopic (exact) mass is 467 g/mol. The quantitative estimate of drug-likeness (QED) is 0.676. The van der Waals surface area contributed by atoms with Gasteiger partial charge in [-0.1, -0.05) is 12.8 Å². The lowest BCUT2D eigenvalue weighted by Crippen LogP contribution is -2.50. The molecule has 1 atom stereocenters. The van der Waals surface area contributed by atoms with Gasteiger partial charge >= 0.3 is 6.03 Å². The molecule has 1 aliphatic carbocycles. The maximum Gasteiger partial charge on any atom is 0.320 e. The van der Waals surface area contributed by atoms with Gasteiger partial charge in [-0.15, -0.1) is 0 Å². The molecule has 2 aromatic rings. The number of piperidine rings is 1. The van der Waals surface area contributed by atoms with E-state index in [9.17, 15) is 14.0 Å². The third-order valence-electron chi connectivity index (χ3n) is 7.10. The summed E-state index contributed by atoms with van der Waals surface area (Å²) < 4.78 is 13.3. The number of nitrogens with zero attached hydrogens (tertiary/aromatic N) is 5. The summed E-state index contributed by atoms with van der Waals surface area (Å²) >= 11 is 0. The molecular weight excluding hydrogens is 437 g/mol. The molecule has 0 bridgehead atoms. The Kier molecular flexibility index (Phi) is 6.21. The fraction of sp³-hybridized carbons (Fsp3) is 0.500. The highest BCUT2D eigenvalue weighted by atomic mass is 19.1. The highest BCUT2D eigenvalue weighted by Gasteiger charge is 2.39. The van der Waals surface area contributed by atoms with E-state index in [2.05, 4.69) is 25.1 Å². The van der Waals surface area contributed by atoms with Crippen molar-refractivity contribution in [2.75, 3.05) is 36.4 Å². The number of amides is 3. The Labute approximate surface area is 198 Å². The van der Waals surface area contributed by atoms with Crippen LogP contribution in [-0.2, 0) is 0 Å². The number of benzene rings is 1. The van der Waals surface area contributed by atoms with Gasteiger partial charge in [0, 0.05) is 37.9 Å². The van der Waals surface area contributed by atoms with Crippen LogP contribution in [0.15, 0.2) is 30.5 Å².